The molecule has 0 saturated carbocycles. The van der Waals surface area contributed by atoms with Crippen LogP contribution in [0.1, 0.15) is 18.4 Å². The van der Waals surface area contributed by atoms with Gasteiger partial charge in [0.2, 0.25) is 0 Å². The minimum Gasteiger partial charge on any atom is -0.477 e. The van der Waals surface area contributed by atoms with Crippen LogP contribution in [0.25, 0.3) is 0 Å². The zero-order chi connectivity index (χ0) is 19.8. The van der Waals surface area contributed by atoms with Crippen molar-refractivity contribution in [1.29, 1.82) is 0 Å². The first-order valence-electron chi connectivity index (χ1n) is 9.08. The summed E-state index contributed by atoms with van der Waals surface area (Å²) in [6.45, 7) is 2.35. The Morgan fingerprint density at radius 2 is 1.79 bits per heavy atom. The number of piperidine rings is 1. The van der Waals surface area contributed by atoms with E-state index in [4.69, 9.17) is 4.74 Å². The fourth-order valence-electron chi connectivity index (χ4n) is 2.97. The van der Waals surface area contributed by atoms with E-state index < -0.39 is 10.8 Å². The van der Waals surface area contributed by atoms with Gasteiger partial charge in [0.05, 0.1) is 4.92 Å². The predicted octanol–water partition coefficient (Wildman–Crippen LogP) is 2.74. The minimum atomic E-state index is -0.545. The van der Waals surface area contributed by atoms with Crippen LogP contribution in [0.5, 0.6) is 5.75 Å². The van der Waals surface area contributed by atoms with E-state index >= 15 is 0 Å². The molecule has 0 atom stereocenters. The van der Waals surface area contributed by atoms with E-state index in [-0.39, 0.29) is 18.0 Å². The molecule has 1 aliphatic heterocycles. The summed E-state index contributed by atoms with van der Waals surface area (Å²) in [5.74, 6) is -0.387. The topological polar surface area (TPSA) is 97.1 Å². The number of para-hydroxylation sites is 2. The zero-order valence-electron chi connectivity index (χ0n) is 15.4. The Hall–Kier alpha value is -3.26. The number of hydrogen-bond acceptors (Lipinski definition) is 6. The molecule has 0 radical (unpaired) electrons. The van der Waals surface area contributed by atoms with Gasteiger partial charge in [-0.05, 0) is 11.6 Å². The number of hydrogen-bond donors (Lipinski definition) is 1. The molecule has 0 aromatic heterocycles. The van der Waals surface area contributed by atoms with Crippen molar-refractivity contribution in [1.82, 2.24) is 10.3 Å². The molecule has 1 saturated heterocycles. The van der Waals surface area contributed by atoms with E-state index in [2.05, 4.69) is 27.6 Å². The van der Waals surface area contributed by atoms with Gasteiger partial charge in [0, 0.05) is 44.3 Å². The molecular formula is C20H22N4O4. The molecule has 1 heterocycles. The summed E-state index contributed by atoms with van der Waals surface area (Å²) in [6.07, 6.45) is 1.58. The van der Waals surface area contributed by atoms with Gasteiger partial charge in [-0.25, -0.2) is 5.43 Å². The number of hydrazone groups is 1. The van der Waals surface area contributed by atoms with Gasteiger partial charge < -0.3 is 4.74 Å². The van der Waals surface area contributed by atoms with E-state index in [9.17, 15) is 14.9 Å². The first-order chi connectivity index (χ1) is 13.6. The number of carbonyl (C=O) groups is 1. The molecule has 0 spiro atoms. The van der Waals surface area contributed by atoms with E-state index in [1.54, 1.807) is 12.1 Å². The van der Waals surface area contributed by atoms with Crippen LogP contribution in [-0.2, 0) is 11.3 Å². The van der Waals surface area contributed by atoms with Crippen molar-refractivity contribution in [3.05, 3.63) is 70.3 Å². The molecule has 0 aliphatic carbocycles. The van der Waals surface area contributed by atoms with Crippen molar-refractivity contribution in [2.24, 2.45) is 5.10 Å². The van der Waals surface area contributed by atoms with Crippen molar-refractivity contribution in [3.8, 4) is 5.75 Å². The summed E-state index contributed by atoms with van der Waals surface area (Å²) in [7, 11) is 0. The summed E-state index contributed by atoms with van der Waals surface area (Å²) in [5.41, 5.74) is 4.51. The van der Waals surface area contributed by atoms with Crippen LogP contribution in [0.2, 0.25) is 0 Å². The number of rotatable bonds is 7. The van der Waals surface area contributed by atoms with Crippen LogP contribution in [0.15, 0.2) is 59.7 Å². The van der Waals surface area contributed by atoms with E-state index in [0.29, 0.717) is 0 Å². The fraction of sp³-hybridized carbons (Fsp3) is 0.300. The van der Waals surface area contributed by atoms with Crippen molar-refractivity contribution in [3.63, 3.8) is 0 Å². The van der Waals surface area contributed by atoms with Crippen LogP contribution in [0.3, 0.4) is 0 Å². The van der Waals surface area contributed by atoms with Gasteiger partial charge in [-0.15, -0.1) is 0 Å². The Balaban J connectivity index is 1.42. The van der Waals surface area contributed by atoms with Gasteiger partial charge in [0.15, 0.2) is 12.4 Å². The average Bonchev–Trinajstić information content (AvgIpc) is 2.72. The summed E-state index contributed by atoms with van der Waals surface area (Å²) < 4.78 is 5.25. The van der Waals surface area contributed by atoms with Crippen molar-refractivity contribution in [2.45, 2.75) is 19.4 Å². The summed E-state index contributed by atoms with van der Waals surface area (Å²) in [5, 5.41) is 15.1. The van der Waals surface area contributed by atoms with Gasteiger partial charge in [0.25, 0.3) is 5.91 Å². The second-order valence-electron chi connectivity index (χ2n) is 6.49. The number of amides is 1. The first-order valence-corrected chi connectivity index (χ1v) is 9.08. The van der Waals surface area contributed by atoms with Crippen LogP contribution < -0.4 is 10.2 Å². The third-order valence-electron chi connectivity index (χ3n) is 4.44. The lowest BCUT2D eigenvalue weighted by Crippen LogP contribution is -2.35. The molecule has 0 bridgehead atoms. The number of nitro groups is 1. The maximum absolute atomic E-state index is 11.9. The predicted molar refractivity (Wildman–Crippen MR) is 105 cm³/mol. The highest BCUT2D eigenvalue weighted by Crippen LogP contribution is 2.25. The number of benzene rings is 2. The van der Waals surface area contributed by atoms with Gasteiger partial charge in [-0.2, -0.15) is 5.10 Å². The van der Waals surface area contributed by atoms with E-state index in [1.165, 1.54) is 17.7 Å². The second-order valence-corrected chi connectivity index (χ2v) is 6.49. The third-order valence-corrected chi connectivity index (χ3v) is 4.44. The summed E-state index contributed by atoms with van der Waals surface area (Å²) in [6, 6.07) is 16.2. The van der Waals surface area contributed by atoms with Crippen LogP contribution in [0.4, 0.5) is 5.69 Å². The third kappa shape index (κ3) is 5.62. The molecule has 0 unspecified atom stereocenters. The average molecular weight is 382 g/mol. The highest BCUT2D eigenvalue weighted by atomic mass is 16.6. The van der Waals surface area contributed by atoms with Crippen LogP contribution in [0, 0.1) is 10.1 Å². The molecular weight excluding hydrogens is 360 g/mol. The molecule has 1 amide bonds. The lowest BCUT2D eigenvalue weighted by atomic mass is 10.1. The first kappa shape index (κ1) is 19.5. The van der Waals surface area contributed by atoms with Crippen LogP contribution >= 0.6 is 0 Å². The fourth-order valence-corrected chi connectivity index (χ4v) is 2.97. The minimum absolute atomic E-state index is 0.0597. The lowest BCUT2D eigenvalue weighted by Gasteiger charge is -2.27. The molecule has 28 heavy (non-hydrogen) atoms. The maximum atomic E-state index is 11.9. The molecule has 1 fully saturated rings. The van der Waals surface area contributed by atoms with Crippen molar-refractivity contribution in [2.75, 3.05) is 19.7 Å². The largest absolute Gasteiger partial charge is 0.477 e. The summed E-state index contributed by atoms with van der Waals surface area (Å²) in [4.78, 5) is 24.7. The molecule has 1 aliphatic rings. The number of nitrogens with zero attached hydrogens (tertiary/aromatic N) is 3. The zero-order valence-corrected chi connectivity index (χ0v) is 15.4. The number of carbonyl (C=O) groups excluding carboxylic acids is 1. The van der Waals surface area contributed by atoms with Gasteiger partial charge >= 0.3 is 5.69 Å². The lowest BCUT2D eigenvalue weighted by molar-refractivity contribution is -0.385. The van der Waals surface area contributed by atoms with Gasteiger partial charge in [-0.3, -0.25) is 19.8 Å². The van der Waals surface area contributed by atoms with Gasteiger partial charge in [-0.1, -0.05) is 42.5 Å². The standard InChI is InChI=1S/C20H22N4O4/c25-20(15-28-19-9-5-4-8-18(19)24(26)27)22-21-17-10-12-23(13-11-17)14-16-6-2-1-3-7-16/h1-9H,10-15H2,(H,22,25). The number of ether oxygens (including phenoxy) is 1. The van der Waals surface area contributed by atoms with Crippen molar-refractivity contribution >= 4 is 17.3 Å². The Labute approximate surface area is 163 Å². The molecule has 2 aromatic rings. The molecule has 8 nitrogen and oxygen atoms in total. The quantitative estimate of drug-likeness (QED) is 0.587. The monoisotopic (exact) mass is 382 g/mol. The SMILES string of the molecule is O=C(COc1ccccc1[N+](=O)[O-])NN=C1CCN(Cc2ccccc2)CC1. The van der Waals surface area contributed by atoms with Crippen LogP contribution in [-0.4, -0.2) is 41.1 Å². The molecule has 146 valence electrons. The molecule has 8 heteroatoms. The maximum Gasteiger partial charge on any atom is 0.310 e. The Bertz CT molecular complexity index is 844. The molecule has 2 aromatic carbocycles. The van der Waals surface area contributed by atoms with Crippen molar-refractivity contribution < 1.29 is 14.5 Å². The Morgan fingerprint density at radius 1 is 1.11 bits per heavy atom. The number of nitrogens with one attached hydrogen (secondary N) is 1. The molecule has 1 N–H and O–H groups in total. The number of likely N-dealkylation sites (tertiary alicyclic amines) is 1. The van der Waals surface area contributed by atoms with Gasteiger partial charge in [0.1, 0.15) is 0 Å². The highest BCUT2D eigenvalue weighted by molar-refractivity contribution is 5.87. The Morgan fingerprint density at radius 3 is 2.50 bits per heavy atom. The van der Waals surface area contributed by atoms with E-state index in [0.717, 1.165) is 38.2 Å². The second kappa shape index (κ2) is 9.61. The molecule has 3 rings (SSSR count). The smallest absolute Gasteiger partial charge is 0.310 e. The number of nitro benzene ring substituents is 1. The normalized spacial score (nSPS) is 14.4. The van der Waals surface area contributed by atoms with E-state index in [1.807, 2.05) is 18.2 Å². The Kier molecular flexibility index (Phi) is 6.69. The summed E-state index contributed by atoms with van der Waals surface area (Å²) >= 11 is 0. The highest BCUT2D eigenvalue weighted by Gasteiger charge is 2.17.